The SMILES string of the molecule is C#CC(NCC(O)CN1CCOCC1)C(C)C. The highest BCUT2D eigenvalue weighted by molar-refractivity contribution is 5.00. The second-order valence-corrected chi connectivity index (χ2v) is 4.86. The van der Waals surface area contributed by atoms with Crippen molar-refractivity contribution in [3.8, 4) is 12.3 Å². The minimum Gasteiger partial charge on any atom is -0.390 e. The quantitative estimate of drug-likeness (QED) is 0.638. The molecule has 1 rings (SSSR count). The second-order valence-electron chi connectivity index (χ2n) is 4.86. The highest BCUT2D eigenvalue weighted by Gasteiger charge is 2.16. The molecule has 0 bridgehead atoms. The Morgan fingerprint density at radius 3 is 2.59 bits per heavy atom. The van der Waals surface area contributed by atoms with E-state index in [2.05, 4.69) is 30.0 Å². The van der Waals surface area contributed by atoms with Crippen molar-refractivity contribution in [2.75, 3.05) is 39.4 Å². The summed E-state index contributed by atoms with van der Waals surface area (Å²) in [5, 5.41) is 13.1. The van der Waals surface area contributed by atoms with E-state index in [-0.39, 0.29) is 12.1 Å². The van der Waals surface area contributed by atoms with Crippen molar-refractivity contribution < 1.29 is 9.84 Å². The minimum absolute atomic E-state index is 0.0364. The Balaban J connectivity index is 2.20. The first-order valence-electron chi connectivity index (χ1n) is 6.31. The van der Waals surface area contributed by atoms with Crippen LogP contribution in [-0.4, -0.2) is 61.5 Å². The lowest BCUT2D eigenvalue weighted by atomic mass is 10.1. The van der Waals surface area contributed by atoms with Gasteiger partial charge in [-0.3, -0.25) is 4.90 Å². The van der Waals surface area contributed by atoms with Crippen molar-refractivity contribution in [3.05, 3.63) is 0 Å². The maximum atomic E-state index is 9.91. The zero-order valence-electron chi connectivity index (χ0n) is 10.9. The molecule has 1 saturated heterocycles. The highest BCUT2D eigenvalue weighted by Crippen LogP contribution is 2.01. The molecule has 0 radical (unpaired) electrons. The molecule has 0 saturated carbocycles. The molecule has 4 heteroatoms. The third kappa shape index (κ3) is 5.51. The first-order chi connectivity index (χ1) is 8.13. The molecule has 98 valence electrons. The number of morpholine rings is 1. The fraction of sp³-hybridized carbons (Fsp3) is 0.846. The van der Waals surface area contributed by atoms with Gasteiger partial charge < -0.3 is 15.2 Å². The molecule has 0 aromatic carbocycles. The Bertz CT molecular complexity index is 244. The van der Waals surface area contributed by atoms with Gasteiger partial charge in [-0.05, 0) is 5.92 Å². The summed E-state index contributed by atoms with van der Waals surface area (Å²) >= 11 is 0. The topological polar surface area (TPSA) is 44.7 Å². The molecule has 0 aromatic rings. The van der Waals surface area contributed by atoms with Crippen LogP contribution in [0.25, 0.3) is 0 Å². The molecule has 1 fully saturated rings. The average molecular weight is 240 g/mol. The molecule has 2 unspecified atom stereocenters. The summed E-state index contributed by atoms with van der Waals surface area (Å²) in [6.45, 7) is 8.71. The van der Waals surface area contributed by atoms with Gasteiger partial charge in [-0.25, -0.2) is 0 Å². The van der Waals surface area contributed by atoms with Gasteiger partial charge in [0, 0.05) is 26.2 Å². The summed E-state index contributed by atoms with van der Waals surface area (Å²) < 4.78 is 5.26. The van der Waals surface area contributed by atoms with E-state index in [1.54, 1.807) is 0 Å². The summed E-state index contributed by atoms with van der Waals surface area (Å²) in [6.07, 6.45) is 5.05. The average Bonchev–Trinajstić information content (AvgIpc) is 2.30. The van der Waals surface area contributed by atoms with E-state index >= 15 is 0 Å². The van der Waals surface area contributed by atoms with E-state index in [9.17, 15) is 5.11 Å². The van der Waals surface area contributed by atoms with Crippen molar-refractivity contribution in [1.82, 2.24) is 10.2 Å². The standard InChI is InChI=1S/C13H24N2O2/c1-4-13(11(2)3)14-9-12(16)10-15-5-7-17-8-6-15/h1,11-14,16H,5-10H2,2-3H3. The summed E-state index contributed by atoms with van der Waals surface area (Å²) in [6, 6.07) is 0.0364. The Kier molecular flexibility index (Phi) is 6.53. The van der Waals surface area contributed by atoms with Crippen LogP contribution < -0.4 is 5.32 Å². The third-order valence-electron chi connectivity index (χ3n) is 2.99. The molecular formula is C13H24N2O2. The van der Waals surface area contributed by atoms with Crippen molar-refractivity contribution in [2.45, 2.75) is 26.0 Å². The molecule has 4 nitrogen and oxygen atoms in total. The van der Waals surface area contributed by atoms with Crippen molar-refractivity contribution in [3.63, 3.8) is 0 Å². The number of β-amino-alcohol motifs (C(OH)–C–C–N with tert-alkyl or cyclic N) is 1. The third-order valence-corrected chi connectivity index (χ3v) is 2.99. The molecule has 2 atom stereocenters. The van der Waals surface area contributed by atoms with Crippen LogP contribution in [0.4, 0.5) is 0 Å². The molecule has 17 heavy (non-hydrogen) atoms. The number of aliphatic hydroxyl groups is 1. The zero-order chi connectivity index (χ0) is 12.7. The van der Waals surface area contributed by atoms with Gasteiger partial charge in [0.2, 0.25) is 0 Å². The maximum Gasteiger partial charge on any atom is 0.0791 e. The number of rotatable bonds is 6. The maximum absolute atomic E-state index is 9.91. The number of aliphatic hydroxyl groups excluding tert-OH is 1. The monoisotopic (exact) mass is 240 g/mol. The van der Waals surface area contributed by atoms with E-state index in [1.165, 1.54) is 0 Å². The Hall–Kier alpha value is -0.600. The number of hydrogen-bond acceptors (Lipinski definition) is 4. The number of hydrogen-bond donors (Lipinski definition) is 2. The van der Waals surface area contributed by atoms with Crippen molar-refractivity contribution in [1.29, 1.82) is 0 Å². The molecule has 1 aliphatic rings. The summed E-state index contributed by atoms with van der Waals surface area (Å²) in [7, 11) is 0. The Morgan fingerprint density at radius 2 is 2.06 bits per heavy atom. The molecule has 0 amide bonds. The van der Waals surface area contributed by atoms with Crippen LogP contribution in [0.3, 0.4) is 0 Å². The first kappa shape index (κ1) is 14.5. The molecule has 1 heterocycles. The Morgan fingerprint density at radius 1 is 1.41 bits per heavy atom. The lowest BCUT2D eigenvalue weighted by Gasteiger charge is -2.29. The molecule has 1 aliphatic heterocycles. The van der Waals surface area contributed by atoms with E-state index in [0.717, 1.165) is 26.3 Å². The van der Waals surface area contributed by atoms with E-state index in [1.807, 2.05) is 0 Å². The van der Waals surface area contributed by atoms with Crippen molar-refractivity contribution >= 4 is 0 Å². The number of nitrogens with zero attached hydrogens (tertiary/aromatic N) is 1. The van der Waals surface area contributed by atoms with Gasteiger partial charge in [0.1, 0.15) is 0 Å². The van der Waals surface area contributed by atoms with Crippen LogP contribution in [-0.2, 0) is 4.74 Å². The molecular weight excluding hydrogens is 216 g/mol. The van der Waals surface area contributed by atoms with Gasteiger partial charge in [0.15, 0.2) is 0 Å². The highest BCUT2D eigenvalue weighted by atomic mass is 16.5. The van der Waals surface area contributed by atoms with Crippen LogP contribution in [0.1, 0.15) is 13.8 Å². The largest absolute Gasteiger partial charge is 0.390 e. The number of nitrogens with one attached hydrogen (secondary N) is 1. The van der Waals surface area contributed by atoms with Gasteiger partial charge in [0.05, 0.1) is 25.4 Å². The predicted octanol–water partition coefficient (Wildman–Crippen LogP) is -0.0731. The molecule has 0 aromatic heterocycles. The van der Waals surface area contributed by atoms with Gasteiger partial charge in [0.25, 0.3) is 0 Å². The van der Waals surface area contributed by atoms with Crippen LogP contribution in [0.5, 0.6) is 0 Å². The van der Waals surface area contributed by atoms with Crippen LogP contribution in [0.15, 0.2) is 0 Å². The summed E-state index contributed by atoms with van der Waals surface area (Å²) in [5.41, 5.74) is 0. The smallest absolute Gasteiger partial charge is 0.0791 e. The van der Waals surface area contributed by atoms with Gasteiger partial charge >= 0.3 is 0 Å². The van der Waals surface area contributed by atoms with E-state index in [0.29, 0.717) is 19.0 Å². The molecule has 0 spiro atoms. The lowest BCUT2D eigenvalue weighted by Crippen LogP contribution is -2.45. The van der Waals surface area contributed by atoms with E-state index in [4.69, 9.17) is 11.2 Å². The first-order valence-corrected chi connectivity index (χ1v) is 6.31. The minimum atomic E-state index is -0.373. The number of terminal acetylenes is 1. The summed E-state index contributed by atoms with van der Waals surface area (Å²) in [5.74, 6) is 3.09. The lowest BCUT2D eigenvalue weighted by molar-refractivity contribution is 0.0145. The molecule has 0 aliphatic carbocycles. The number of ether oxygens (including phenoxy) is 1. The van der Waals surface area contributed by atoms with Crippen LogP contribution >= 0.6 is 0 Å². The fourth-order valence-corrected chi connectivity index (χ4v) is 1.90. The summed E-state index contributed by atoms with van der Waals surface area (Å²) in [4.78, 5) is 2.22. The van der Waals surface area contributed by atoms with Gasteiger partial charge in [-0.1, -0.05) is 19.8 Å². The second kappa shape index (κ2) is 7.67. The van der Waals surface area contributed by atoms with E-state index < -0.39 is 0 Å². The van der Waals surface area contributed by atoms with Gasteiger partial charge in [-0.15, -0.1) is 6.42 Å². The Labute approximate surface area is 104 Å². The fourth-order valence-electron chi connectivity index (χ4n) is 1.90. The van der Waals surface area contributed by atoms with Crippen LogP contribution in [0.2, 0.25) is 0 Å². The normalized spacial score (nSPS) is 21.1. The zero-order valence-corrected chi connectivity index (χ0v) is 10.9. The van der Waals surface area contributed by atoms with Crippen LogP contribution in [0, 0.1) is 18.3 Å². The molecule has 2 N–H and O–H groups in total. The van der Waals surface area contributed by atoms with Gasteiger partial charge in [-0.2, -0.15) is 0 Å². The van der Waals surface area contributed by atoms with Crippen molar-refractivity contribution in [2.24, 2.45) is 5.92 Å². The predicted molar refractivity (Wildman–Crippen MR) is 68.7 cm³/mol.